The third-order valence-electron chi connectivity index (χ3n) is 6.40. The van der Waals surface area contributed by atoms with Gasteiger partial charge in [0.25, 0.3) is 0 Å². The van der Waals surface area contributed by atoms with E-state index in [-0.39, 0.29) is 12.1 Å². The van der Waals surface area contributed by atoms with Crippen molar-refractivity contribution >= 4 is 50.2 Å². The number of hydrogen-bond acceptors (Lipinski definition) is 7. The topological polar surface area (TPSA) is 110 Å². The molecule has 2 unspecified atom stereocenters. The molecular weight excluding hydrogens is 464 g/mol. The van der Waals surface area contributed by atoms with E-state index >= 15 is 0 Å². The van der Waals surface area contributed by atoms with E-state index < -0.39 is 10.0 Å². The molecule has 1 aromatic carbocycles. The number of anilines is 4. The highest BCUT2D eigenvalue weighted by Gasteiger charge is 2.33. The van der Waals surface area contributed by atoms with Gasteiger partial charge in [-0.3, -0.25) is 4.72 Å². The van der Waals surface area contributed by atoms with E-state index in [4.69, 9.17) is 0 Å². The molecule has 35 heavy (non-hydrogen) atoms. The van der Waals surface area contributed by atoms with Gasteiger partial charge in [0.2, 0.25) is 10.0 Å². The van der Waals surface area contributed by atoms with Crippen LogP contribution in [0.3, 0.4) is 0 Å². The van der Waals surface area contributed by atoms with Crippen LogP contribution >= 0.6 is 0 Å². The Morgan fingerprint density at radius 3 is 2.80 bits per heavy atom. The molecule has 4 rings (SSSR count). The summed E-state index contributed by atoms with van der Waals surface area (Å²) < 4.78 is 25.7. The molecule has 1 saturated heterocycles. The van der Waals surface area contributed by atoms with Crippen molar-refractivity contribution < 1.29 is 13.2 Å². The van der Waals surface area contributed by atoms with Crippen LogP contribution in [0.25, 0.3) is 10.9 Å². The number of nitrogens with one attached hydrogen (secondary N) is 3. The van der Waals surface area contributed by atoms with Crippen LogP contribution in [-0.2, 0) is 14.8 Å². The molecule has 1 aliphatic rings. The van der Waals surface area contributed by atoms with Gasteiger partial charge in [-0.15, -0.1) is 0 Å². The number of benzene rings is 1. The molecular formula is C25H34N6O3S. The normalized spacial score (nSPS) is 18.4. The summed E-state index contributed by atoms with van der Waals surface area (Å²) in [7, 11) is -3.35. The third-order valence-corrected chi connectivity index (χ3v) is 7.01. The molecule has 0 aliphatic carbocycles. The molecule has 2 aromatic heterocycles. The molecule has 1 fully saturated rings. The summed E-state index contributed by atoms with van der Waals surface area (Å²) in [6.45, 7) is 6.67. The molecule has 10 heteroatoms. The highest BCUT2D eigenvalue weighted by Crippen LogP contribution is 2.33. The average molecular weight is 499 g/mol. The second-order valence-corrected chi connectivity index (χ2v) is 10.7. The summed E-state index contributed by atoms with van der Waals surface area (Å²) in [4.78, 5) is 24.7. The zero-order valence-corrected chi connectivity index (χ0v) is 21.3. The van der Waals surface area contributed by atoms with Crippen molar-refractivity contribution in [3.63, 3.8) is 0 Å². The molecule has 0 bridgehead atoms. The number of carbonyl (C=O) groups is 1. The Morgan fingerprint density at radius 1 is 1.26 bits per heavy atom. The van der Waals surface area contributed by atoms with Gasteiger partial charge in [-0.25, -0.2) is 13.4 Å². The molecule has 0 saturated carbocycles. The third kappa shape index (κ3) is 5.70. The molecule has 2 atom stereocenters. The Balaban J connectivity index is 1.54. The minimum Gasteiger partial charge on any atom is -0.382 e. The van der Waals surface area contributed by atoms with E-state index in [0.29, 0.717) is 12.1 Å². The van der Waals surface area contributed by atoms with Gasteiger partial charge >= 0.3 is 0 Å². The summed E-state index contributed by atoms with van der Waals surface area (Å²) in [5.41, 5.74) is 2.43. The molecule has 1 aliphatic heterocycles. The summed E-state index contributed by atoms with van der Waals surface area (Å²) >= 11 is 0. The Labute approximate surface area is 207 Å². The highest BCUT2D eigenvalue weighted by atomic mass is 32.2. The monoisotopic (exact) mass is 498 g/mol. The van der Waals surface area contributed by atoms with Crippen LogP contribution in [0.15, 0.2) is 42.6 Å². The van der Waals surface area contributed by atoms with Crippen LogP contribution in [0.4, 0.5) is 23.0 Å². The van der Waals surface area contributed by atoms with E-state index in [1.54, 1.807) is 12.1 Å². The molecule has 3 heterocycles. The Morgan fingerprint density at radius 2 is 2.09 bits per heavy atom. The number of aromatic amines is 1. The number of pyridine rings is 1. The molecule has 3 aromatic rings. The quantitative estimate of drug-likeness (QED) is 0.365. The van der Waals surface area contributed by atoms with Crippen LogP contribution in [0.2, 0.25) is 0 Å². The minimum absolute atomic E-state index is 0.193. The summed E-state index contributed by atoms with van der Waals surface area (Å²) in [6, 6.07) is 11.3. The number of aldehydes is 1. The predicted molar refractivity (Wildman–Crippen MR) is 143 cm³/mol. The molecule has 188 valence electrons. The first-order chi connectivity index (χ1) is 16.8. The fraction of sp³-hybridized carbons (Fsp3) is 0.440. The standard InChI is InChI=1S/C25H34N6O3S/c1-4-11-26-23-7-6-12-27-25(23)30(5-2)20-10-13-31(21(16-20)17-32)24-15-18-14-19(29-35(3,33)34)8-9-22(18)28-24/h6-9,12,14-15,17,20-21,26,28-29H,4-5,10-11,13,16H2,1-3H3. The maximum absolute atomic E-state index is 12.2. The smallest absolute Gasteiger partial charge is 0.229 e. The van der Waals surface area contributed by atoms with E-state index in [0.717, 1.165) is 73.2 Å². The Hall–Kier alpha value is -3.27. The number of fused-ring (bicyclic) bond motifs is 1. The first-order valence-corrected chi connectivity index (χ1v) is 14.0. The van der Waals surface area contributed by atoms with Crippen LogP contribution in [0.5, 0.6) is 0 Å². The van der Waals surface area contributed by atoms with Gasteiger partial charge < -0.3 is 24.9 Å². The minimum atomic E-state index is -3.35. The van der Waals surface area contributed by atoms with Gasteiger partial charge in [-0.05, 0) is 62.6 Å². The second-order valence-electron chi connectivity index (χ2n) is 8.99. The van der Waals surface area contributed by atoms with Gasteiger partial charge in [0.15, 0.2) is 5.82 Å². The SMILES string of the molecule is CCCNc1cccnc1N(CC)C1CCN(c2cc3cc(NS(C)(=O)=O)ccc3[nH]2)C(C=O)C1. The van der Waals surface area contributed by atoms with Crippen molar-refractivity contribution in [2.45, 2.75) is 45.2 Å². The van der Waals surface area contributed by atoms with Crippen molar-refractivity contribution in [1.82, 2.24) is 9.97 Å². The predicted octanol–water partition coefficient (Wildman–Crippen LogP) is 3.82. The zero-order valence-electron chi connectivity index (χ0n) is 20.5. The number of aromatic nitrogens is 2. The van der Waals surface area contributed by atoms with Gasteiger partial charge in [-0.1, -0.05) is 6.92 Å². The lowest BCUT2D eigenvalue weighted by atomic mass is 9.96. The lowest BCUT2D eigenvalue weighted by Crippen LogP contribution is -2.51. The summed E-state index contributed by atoms with van der Waals surface area (Å²) in [5.74, 6) is 1.79. The van der Waals surface area contributed by atoms with Crippen LogP contribution in [0, 0.1) is 0 Å². The van der Waals surface area contributed by atoms with E-state index in [1.807, 2.05) is 24.4 Å². The van der Waals surface area contributed by atoms with Crippen molar-refractivity contribution in [3.8, 4) is 0 Å². The number of rotatable bonds is 10. The second kappa shape index (κ2) is 10.6. The van der Waals surface area contributed by atoms with E-state index in [9.17, 15) is 13.2 Å². The van der Waals surface area contributed by atoms with Crippen molar-refractivity contribution in [1.29, 1.82) is 0 Å². The van der Waals surface area contributed by atoms with Crippen molar-refractivity contribution in [2.75, 3.05) is 45.7 Å². The zero-order chi connectivity index (χ0) is 25.0. The first kappa shape index (κ1) is 24.8. The maximum Gasteiger partial charge on any atom is 0.229 e. The van der Waals surface area contributed by atoms with Gasteiger partial charge in [0.05, 0.1) is 18.0 Å². The van der Waals surface area contributed by atoms with Crippen LogP contribution in [-0.4, -0.2) is 62.6 Å². The van der Waals surface area contributed by atoms with Crippen LogP contribution in [0.1, 0.15) is 33.1 Å². The number of sulfonamides is 1. The maximum atomic E-state index is 12.2. The number of hydrogen-bond donors (Lipinski definition) is 3. The number of H-pyrrole nitrogens is 1. The van der Waals surface area contributed by atoms with Crippen molar-refractivity contribution in [3.05, 3.63) is 42.6 Å². The fourth-order valence-corrected chi connectivity index (χ4v) is 5.40. The summed E-state index contributed by atoms with van der Waals surface area (Å²) in [5, 5.41) is 4.36. The lowest BCUT2D eigenvalue weighted by molar-refractivity contribution is -0.109. The summed E-state index contributed by atoms with van der Waals surface area (Å²) in [6.07, 6.45) is 6.58. The number of nitrogens with zero attached hydrogens (tertiary/aromatic N) is 3. The molecule has 0 spiro atoms. The largest absolute Gasteiger partial charge is 0.382 e. The molecule has 0 radical (unpaired) electrons. The van der Waals surface area contributed by atoms with E-state index in [1.165, 1.54) is 0 Å². The van der Waals surface area contributed by atoms with Gasteiger partial charge in [0.1, 0.15) is 12.1 Å². The molecule has 9 nitrogen and oxygen atoms in total. The Kier molecular flexibility index (Phi) is 7.49. The lowest BCUT2D eigenvalue weighted by Gasteiger charge is -2.42. The number of carbonyl (C=O) groups excluding carboxylic acids is 1. The van der Waals surface area contributed by atoms with Crippen molar-refractivity contribution in [2.24, 2.45) is 0 Å². The van der Waals surface area contributed by atoms with E-state index in [2.05, 4.69) is 49.7 Å². The Bertz CT molecular complexity index is 1280. The average Bonchev–Trinajstić information content (AvgIpc) is 3.26. The fourth-order valence-electron chi connectivity index (χ4n) is 4.84. The number of piperidine rings is 1. The molecule has 3 N–H and O–H groups in total. The van der Waals surface area contributed by atoms with Crippen LogP contribution < -0.4 is 19.8 Å². The van der Waals surface area contributed by atoms with Gasteiger partial charge in [-0.2, -0.15) is 0 Å². The molecule has 0 amide bonds. The van der Waals surface area contributed by atoms with Gasteiger partial charge in [0, 0.05) is 48.5 Å². The first-order valence-electron chi connectivity index (χ1n) is 12.1. The highest BCUT2D eigenvalue weighted by molar-refractivity contribution is 7.92.